The smallest absolute Gasteiger partial charge is 0.305 e. The van der Waals surface area contributed by atoms with Crippen molar-refractivity contribution in [2.45, 2.75) is 31.7 Å². The normalized spacial score (nSPS) is 13.4. The Kier molecular flexibility index (Phi) is 4.17. The van der Waals surface area contributed by atoms with Crippen LogP contribution in [0.3, 0.4) is 0 Å². The quantitative estimate of drug-likeness (QED) is 0.835. The zero-order valence-electron chi connectivity index (χ0n) is 9.49. The van der Waals surface area contributed by atoms with Gasteiger partial charge >= 0.3 is 5.97 Å². The lowest BCUT2D eigenvalue weighted by Crippen LogP contribution is -2.17. The summed E-state index contributed by atoms with van der Waals surface area (Å²) in [5.74, 6) is -3.95. The number of aliphatic carboxylic acids is 1. The number of benzene rings is 1. The average molecular weight is 243 g/mol. The van der Waals surface area contributed by atoms with Crippen LogP contribution >= 0.6 is 0 Å². The molecule has 0 spiro atoms. The van der Waals surface area contributed by atoms with Crippen LogP contribution in [0.2, 0.25) is 0 Å². The third-order valence-corrected chi connectivity index (χ3v) is 2.58. The number of rotatable bonds is 5. The summed E-state index contributed by atoms with van der Waals surface area (Å²) in [6.07, 6.45) is -0.578. The van der Waals surface area contributed by atoms with Gasteiger partial charge in [0, 0.05) is 18.0 Å². The van der Waals surface area contributed by atoms with Crippen molar-refractivity contribution in [3.63, 3.8) is 0 Å². The van der Waals surface area contributed by atoms with Crippen LogP contribution in [0.5, 0.6) is 0 Å². The van der Waals surface area contributed by atoms with Gasteiger partial charge in [-0.05, 0) is 11.6 Å². The van der Waals surface area contributed by atoms with Crippen LogP contribution in [-0.2, 0) is 10.7 Å². The first kappa shape index (κ1) is 13.6. The van der Waals surface area contributed by atoms with E-state index in [0.29, 0.717) is 5.56 Å². The molecule has 0 aliphatic heterocycles. The topological polar surface area (TPSA) is 63.3 Å². The molecule has 1 unspecified atom stereocenters. The summed E-state index contributed by atoms with van der Waals surface area (Å²) in [6.45, 7) is 1.39. The van der Waals surface area contributed by atoms with Gasteiger partial charge in [0.05, 0.1) is 6.42 Å². The maximum absolute atomic E-state index is 13.4. The van der Waals surface area contributed by atoms with Gasteiger partial charge in [0.1, 0.15) is 0 Å². The summed E-state index contributed by atoms with van der Waals surface area (Å²) in [5, 5.41) is 8.59. The van der Waals surface area contributed by atoms with E-state index in [2.05, 4.69) is 0 Å². The Morgan fingerprint density at radius 3 is 2.71 bits per heavy atom. The summed E-state index contributed by atoms with van der Waals surface area (Å²) in [4.78, 5) is 10.5. The maximum atomic E-state index is 13.4. The van der Waals surface area contributed by atoms with Gasteiger partial charge in [-0.15, -0.1) is 0 Å². The number of hydrogen-bond donors (Lipinski definition) is 2. The average Bonchev–Trinajstić information content (AvgIpc) is 2.28. The molecule has 1 aromatic rings. The highest BCUT2D eigenvalue weighted by Crippen LogP contribution is 2.32. The molecular weight excluding hydrogens is 228 g/mol. The van der Waals surface area contributed by atoms with Crippen LogP contribution in [0.15, 0.2) is 24.3 Å². The molecule has 0 aliphatic carbocycles. The zero-order valence-corrected chi connectivity index (χ0v) is 9.49. The summed E-state index contributed by atoms with van der Waals surface area (Å²) in [7, 11) is 0. The predicted molar refractivity (Wildman–Crippen MR) is 59.8 cm³/mol. The molecule has 3 N–H and O–H groups in total. The van der Waals surface area contributed by atoms with E-state index in [-0.39, 0.29) is 18.4 Å². The van der Waals surface area contributed by atoms with Crippen LogP contribution in [0.1, 0.15) is 36.9 Å². The minimum absolute atomic E-state index is 0.127. The molecule has 0 saturated carbocycles. The Balaban J connectivity index is 2.97. The molecule has 0 radical (unpaired) electrons. The number of carbonyl (C=O) groups is 1. The van der Waals surface area contributed by atoms with E-state index in [0.717, 1.165) is 0 Å². The van der Waals surface area contributed by atoms with E-state index < -0.39 is 17.9 Å². The van der Waals surface area contributed by atoms with E-state index >= 15 is 0 Å². The molecule has 1 aromatic carbocycles. The van der Waals surface area contributed by atoms with E-state index in [1.54, 1.807) is 6.07 Å². The van der Waals surface area contributed by atoms with Gasteiger partial charge < -0.3 is 10.8 Å². The van der Waals surface area contributed by atoms with E-state index in [9.17, 15) is 13.6 Å². The fourth-order valence-electron chi connectivity index (χ4n) is 1.51. The molecule has 0 heterocycles. The summed E-state index contributed by atoms with van der Waals surface area (Å²) >= 11 is 0. The fourth-order valence-corrected chi connectivity index (χ4v) is 1.51. The molecule has 5 heteroatoms. The molecule has 0 saturated heterocycles. The van der Waals surface area contributed by atoms with Crippen molar-refractivity contribution >= 4 is 5.97 Å². The summed E-state index contributed by atoms with van der Waals surface area (Å²) in [5.41, 5.74) is 5.91. The Hall–Kier alpha value is -1.49. The van der Waals surface area contributed by atoms with Gasteiger partial charge in [0.25, 0.3) is 5.92 Å². The number of halogens is 2. The number of carboxylic acids is 1. The van der Waals surface area contributed by atoms with E-state index in [4.69, 9.17) is 10.8 Å². The second-order valence-electron chi connectivity index (χ2n) is 3.89. The predicted octanol–water partition coefficient (Wildman–Crippen LogP) is 2.66. The van der Waals surface area contributed by atoms with Gasteiger partial charge in [-0.2, -0.15) is 0 Å². The molecule has 17 heavy (non-hydrogen) atoms. The van der Waals surface area contributed by atoms with Crippen LogP contribution in [-0.4, -0.2) is 11.1 Å². The van der Waals surface area contributed by atoms with E-state index in [1.165, 1.54) is 25.1 Å². The maximum Gasteiger partial charge on any atom is 0.305 e. The molecule has 0 amide bonds. The molecule has 0 fully saturated rings. The van der Waals surface area contributed by atoms with E-state index in [1.807, 2.05) is 0 Å². The Morgan fingerprint density at radius 2 is 2.18 bits per heavy atom. The fraction of sp³-hybridized carbons (Fsp3) is 0.417. The molecule has 1 rings (SSSR count). The van der Waals surface area contributed by atoms with Crippen molar-refractivity contribution in [1.29, 1.82) is 0 Å². The highest BCUT2D eigenvalue weighted by atomic mass is 19.3. The minimum atomic E-state index is -2.90. The Bertz CT molecular complexity index is 407. The lowest BCUT2D eigenvalue weighted by Gasteiger charge is -2.17. The number of carboxylic acid groups (broad SMARTS) is 1. The van der Waals surface area contributed by atoms with Crippen molar-refractivity contribution in [2.75, 3.05) is 0 Å². The van der Waals surface area contributed by atoms with Crippen molar-refractivity contribution in [1.82, 2.24) is 0 Å². The van der Waals surface area contributed by atoms with Crippen molar-refractivity contribution in [3.05, 3.63) is 35.4 Å². The standard InChI is InChI=1S/C12H15F2NO2/c1-2-12(13,14)9-5-3-4-8(6-9)10(15)7-11(16)17/h3-6,10H,2,7,15H2,1H3,(H,16,17). The molecule has 0 aromatic heterocycles. The SMILES string of the molecule is CCC(F)(F)c1cccc(C(N)CC(=O)O)c1. The Labute approximate surface area is 98.2 Å². The van der Waals surface area contributed by atoms with Gasteiger partial charge in [-0.3, -0.25) is 4.79 Å². The molecule has 0 bridgehead atoms. The van der Waals surface area contributed by atoms with Crippen LogP contribution < -0.4 is 5.73 Å². The minimum Gasteiger partial charge on any atom is -0.481 e. The van der Waals surface area contributed by atoms with Gasteiger partial charge in [0.15, 0.2) is 0 Å². The zero-order chi connectivity index (χ0) is 13.1. The largest absolute Gasteiger partial charge is 0.481 e. The Morgan fingerprint density at radius 1 is 1.53 bits per heavy atom. The molecule has 3 nitrogen and oxygen atoms in total. The monoisotopic (exact) mass is 243 g/mol. The van der Waals surface area contributed by atoms with Gasteiger partial charge in [0.2, 0.25) is 0 Å². The van der Waals surface area contributed by atoms with Crippen molar-refractivity contribution in [2.24, 2.45) is 5.73 Å². The second kappa shape index (κ2) is 5.23. The molecule has 94 valence electrons. The van der Waals surface area contributed by atoms with Crippen LogP contribution in [0.25, 0.3) is 0 Å². The lowest BCUT2D eigenvalue weighted by atomic mass is 9.98. The summed E-state index contributed by atoms with van der Waals surface area (Å²) < 4.78 is 26.9. The number of hydrogen-bond acceptors (Lipinski definition) is 2. The molecular formula is C12H15F2NO2. The number of nitrogens with two attached hydrogens (primary N) is 1. The number of alkyl halides is 2. The second-order valence-corrected chi connectivity index (χ2v) is 3.89. The van der Waals surface area contributed by atoms with Crippen molar-refractivity contribution in [3.8, 4) is 0 Å². The highest BCUT2D eigenvalue weighted by Gasteiger charge is 2.29. The van der Waals surface area contributed by atoms with Gasteiger partial charge in [-0.1, -0.05) is 25.1 Å². The molecule has 1 atom stereocenters. The summed E-state index contributed by atoms with van der Waals surface area (Å²) in [6, 6.07) is 4.86. The lowest BCUT2D eigenvalue weighted by molar-refractivity contribution is -0.137. The first-order chi connectivity index (χ1) is 7.86. The van der Waals surface area contributed by atoms with Crippen LogP contribution in [0.4, 0.5) is 8.78 Å². The highest BCUT2D eigenvalue weighted by molar-refractivity contribution is 5.67. The third-order valence-electron chi connectivity index (χ3n) is 2.58. The first-order valence-corrected chi connectivity index (χ1v) is 5.32. The van der Waals surface area contributed by atoms with Crippen LogP contribution in [0, 0.1) is 0 Å². The van der Waals surface area contributed by atoms with Crippen molar-refractivity contribution < 1.29 is 18.7 Å². The first-order valence-electron chi connectivity index (χ1n) is 5.32. The van der Waals surface area contributed by atoms with Gasteiger partial charge in [-0.25, -0.2) is 8.78 Å². The third kappa shape index (κ3) is 3.49. The molecule has 0 aliphatic rings.